The molecule has 2 N–H and O–H groups in total. The summed E-state index contributed by atoms with van der Waals surface area (Å²) < 4.78 is 1.47. The molecule has 4 aromatic rings. The summed E-state index contributed by atoms with van der Waals surface area (Å²) in [6, 6.07) is 15.8. The number of pyridine rings is 2. The van der Waals surface area contributed by atoms with E-state index in [9.17, 15) is 14.4 Å². The topological polar surface area (TPSA) is 93.1 Å². The minimum absolute atomic E-state index is 0.0901. The molecule has 7 heteroatoms. The molecule has 0 unspecified atom stereocenters. The maximum Gasteiger partial charge on any atom is 0.276 e. The van der Waals surface area contributed by atoms with E-state index >= 15 is 0 Å². The van der Waals surface area contributed by atoms with Crippen molar-refractivity contribution in [3.05, 3.63) is 94.0 Å². The SMILES string of the molecule is Cn1c(=O)c(NNC(=O)c2cccnc2)c2c3c(cccc31)C(=O)c1ccccc1-2. The Morgan fingerprint density at radius 1 is 0.933 bits per heavy atom. The van der Waals surface area contributed by atoms with Gasteiger partial charge in [-0.15, -0.1) is 0 Å². The molecule has 2 heterocycles. The Morgan fingerprint density at radius 3 is 2.47 bits per heavy atom. The Bertz CT molecular complexity index is 1410. The number of hydrazine groups is 1. The van der Waals surface area contributed by atoms with Crippen LogP contribution in [0.4, 0.5) is 5.69 Å². The van der Waals surface area contributed by atoms with E-state index in [0.717, 1.165) is 0 Å². The fraction of sp³-hybridized carbons (Fsp3) is 0.0435. The summed E-state index contributed by atoms with van der Waals surface area (Å²) in [4.78, 5) is 42.7. The van der Waals surface area contributed by atoms with Crippen LogP contribution in [0.1, 0.15) is 26.3 Å². The molecule has 0 radical (unpaired) electrons. The minimum atomic E-state index is -0.425. The van der Waals surface area contributed by atoms with Crippen LogP contribution in [0.25, 0.3) is 22.0 Å². The molecule has 5 rings (SSSR count). The lowest BCUT2D eigenvalue weighted by atomic mass is 9.83. The first-order valence-electron chi connectivity index (χ1n) is 9.34. The van der Waals surface area contributed by atoms with Crippen LogP contribution < -0.4 is 16.4 Å². The Hall–Kier alpha value is -4.26. The summed E-state index contributed by atoms with van der Waals surface area (Å²) in [5, 5.41) is 0.682. The van der Waals surface area contributed by atoms with E-state index < -0.39 is 5.91 Å². The van der Waals surface area contributed by atoms with E-state index in [4.69, 9.17) is 0 Å². The van der Waals surface area contributed by atoms with E-state index in [-0.39, 0.29) is 17.0 Å². The zero-order valence-electron chi connectivity index (χ0n) is 16.0. The van der Waals surface area contributed by atoms with Crippen LogP contribution in [0.5, 0.6) is 0 Å². The van der Waals surface area contributed by atoms with E-state index in [1.165, 1.54) is 10.8 Å². The number of carbonyl (C=O) groups is 2. The maximum absolute atomic E-state index is 13.2. The average Bonchev–Trinajstić information content (AvgIpc) is 2.79. The van der Waals surface area contributed by atoms with Crippen molar-refractivity contribution in [2.45, 2.75) is 0 Å². The van der Waals surface area contributed by atoms with Gasteiger partial charge in [-0.2, -0.15) is 0 Å². The van der Waals surface area contributed by atoms with E-state index in [0.29, 0.717) is 38.7 Å². The van der Waals surface area contributed by atoms with Gasteiger partial charge in [-0.05, 0) is 23.8 Å². The van der Waals surface area contributed by atoms with Gasteiger partial charge >= 0.3 is 0 Å². The highest BCUT2D eigenvalue weighted by molar-refractivity contribution is 6.27. The van der Waals surface area contributed by atoms with Crippen molar-refractivity contribution in [3.63, 3.8) is 0 Å². The highest BCUT2D eigenvalue weighted by Crippen LogP contribution is 2.41. The molecule has 7 nitrogen and oxygen atoms in total. The summed E-state index contributed by atoms with van der Waals surface area (Å²) in [5.74, 6) is -0.515. The summed E-state index contributed by atoms with van der Waals surface area (Å²) >= 11 is 0. The molecule has 1 aliphatic carbocycles. The molecule has 0 bridgehead atoms. The van der Waals surface area contributed by atoms with Gasteiger partial charge in [0.05, 0.1) is 11.1 Å². The van der Waals surface area contributed by atoms with Gasteiger partial charge in [0.25, 0.3) is 11.5 Å². The number of rotatable bonds is 3. The molecule has 2 aromatic heterocycles. The smallest absolute Gasteiger partial charge is 0.276 e. The summed E-state index contributed by atoms with van der Waals surface area (Å²) in [6.07, 6.45) is 3.01. The molecule has 0 spiro atoms. The Balaban J connectivity index is 1.73. The third-order valence-electron chi connectivity index (χ3n) is 5.33. The second kappa shape index (κ2) is 6.66. The van der Waals surface area contributed by atoms with Crippen LogP contribution >= 0.6 is 0 Å². The van der Waals surface area contributed by atoms with Crippen molar-refractivity contribution in [2.24, 2.45) is 7.05 Å². The fourth-order valence-electron chi connectivity index (χ4n) is 3.90. The van der Waals surface area contributed by atoms with Gasteiger partial charge in [-0.3, -0.25) is 30.2 Å². The van der Waals surface area contributed by atoms with Crippen LogP contribution in [-0.4, -0.2) is 21.2 Å². The quantitative estimate of drug-likeness (QED) is 0.458. The van der Waals surface area contributed by atoms with E-state index in [1.807, 2.05) is 18.2 Å². The Morgan fingerprint density at radius 2 is 1.70 bits per heavy atom. The second-order valence-corrected chi connectivity index (χ2v) is 7.01. The van der Waals surface area contributed by atoms with Crippen molar-refractivity contribution in [1.29, 1.82) is 0 Å². The van der Waals surface area contributed by atoms with Gasteiger partial charge in [-0.25, -0.2) is 0 Å². The van der Waals surface area contributed by atoms with Crippen molar-refractivity contribution in [1.82, 2.24) is 15.0 Å². The van der Waals surface area contributed by atoms with Crippen LogP contribution in [0, 0.1) is 0 Å². The molecular weight excluding hydrogens is 380 g/mol. The highest BCUT2D eigenvalue weighted by atomic mass is 16.2. The van der Waals surface area contributed by atoms with E-state index in [2.05, 4.69) is 15.8 Å². The molecule has 0 aliphatic heterocycles. The second-order valence-electron chi connectivity index (χ2n) is 7.01. The number of amides is 1. The number of ketones is 1. The van der Waals surface area contributed by atoms with Gasteiger partial charge in [0.15, 0.2) is 5.78 Å². The van der Waals surface area contributed by atoms with E-state index in [1.54, 1.807) is 49.6 Å². The van der Waals surface area contributed by atoms with Crippen molar-refractivity contribution >= 4 is 28.3 Å². The molecule has 1 amide bonds. The lowest BCUT2D eigenvalue weighted by Gasteiger charge is -2.24. The molecule has 0 atom stereocenters. The first-order chi connectivity index (χ1) is 14.6. The average molecular weight is 396 g/mol. The lowest BCUT2D eigenvalue weighted by Crippen LogP contribution is -2.34. The molecule has 0 fully saturated rings. The number of hydrogen-bond acceptors (Lipinski definition) is 5. The normalized spacial score (nSPS) is 11.8. The summed E-state index contributed by atoms with van der Waals surface area (Å²) in [5.41, 5.74) is 8.59. The molecule has 1 aliphatic rings. The molecule has 30 heavy (non-hydrogen) atoms. The van der Waals surface area contributed by atoms with Gasteiger partial charge in [0.2, 0.25) is 0 Å². The number of carbonyl (C=O) groups excluding carboxylic acids is 2. The Kier molecular flexibility index (Phi) is 3.96. The maximum atomic E-state index is 13.2. The number of nitrogens with zero attached hydrogens (tertiary/aromatic N) is 2. The van der Waals surface area contributed by atoms with Gasteiger partial charge < -0.3 is 4.57 Å². The largest absolute Gasteiger partial charge is 0.309 e. The fourth-order valence-corrected chi connectivity index (χ4v) is 3.90. The van der Waals surface area contributed by atoms with Crippen molar-refractivity contribution in [2.75, 3.05) is 5.43 Å². The van der Waals surface area contributed by atoms with Gasteiger partial charge in [0.1, 0.15) is 5.69 Å². The predicted molar refractivity (Wildman–Crippen MR) is 113 cm³/mol. The highest BCUT2D eigenvalue weighted by Gasteiger charge is 2.29. The molecule has 146 valence electrons. The molecule has 0 saturated heterocycles. The number of benzene rings is 2. The predicted octanol–water partition coefficient (Wildman–Crippen LogP) is 2.90. The van der Waals surface area contributed by atoms with Crippen molar-refractivity contribution in [3.8, 4) is 11.1 Å². The van der Waals surface area contributed by atoms with Gasteiger partial charge in [-0.1, -0.05) is 36.4 Å². The standard InChI is InChI=1S/C23H16N4O3/c1-27-17-10-4-9-16-18(17)19(14-7-2-3-8-15(14)21(16)28)20(23(27)30)25-26-22(29)13-6-5-11-24-12-13/h2-12,25H,1H3,(H,26,29). The number of anilines is 1. The van der Waals surface area contributed by atoms with Crippen molar-refractivity contribution < 1.29 is 9.59 Å². The molecular formula is C23H16N4O3. The zero-order chi connectivity index (χ0) is 20.8. The minimum Gasteiger partial charge on any atom is -0.309 e. The number of aromatic nitrogens is 2. The first-order valence-corrected chi connectivity index (χ1v) is 9.34. The zero-order valence-corrected chi connectivity index (χ0v) is 16.0. The Labute approximate surface area is 171 Å². The number of aryl methyl sites for hydroxylation is 1. The molecule has 0 saturated carbocycles. The summed E-state index contributed by atoms with van der Waals surface area (Å²) in [7, 11) is 1.64. The summed E-state index contributed by atoms with van der Waals surface area (Å²) in [6.45, 7) is 0. The third kappa shape index (κ3) is 2.52. The number of nitrogens with one attached hydrogen (secondary N) is 2. The number of fused-ring (bicyclic) bond motifs is 2. The molecule has 2 aromatic carbocycles. The number of hydrogen-bond donors (Lipinski definition) is 2. The van der Waals surface area contributed by atoms with Crippen LogP contribution in [0.2, 0.25) is 0 Å². The van der Waals surface area contributed by atoms with Crippen LogP contribution in [-0.2, 0) is 7.05 Å². The first kappa shape index (κ1) is 17.8. The van der Waals surface area contributed by atoms with Crippen LogP contribution in [0.3, 0.4) is 0 Å². The lowest BCUT2D eigenvalue weighted by molar-refractivity contribution is 0.0961. The van der Waals surface area contributed by atoms with Crippen LogP contribution in [0.15, 0.2) is 71.8 Å². The third-order valence-corrected chi connectivity index (χ3v) is 5.33. The van der Waals surface area contributed by atoms with Gasteiger partial charge in [0, 0.05) is 41.5 Å². The monoisotopic (exact) mass is 396 g/mol.